The second-order valence-corrected chi connectivity index (χ2v) is 7.23. The Hall–Kier alpha value is -3.95. The second kappa shape index (κ2) is 11.1. The fraction of sp³-hybridized carbons (Fsp3) is 0.0455. The molecule has 0 saturated carbocycles. The molecule has 0 atom stereocenters. The average Bonchev–Trinajstić information content (AvgIpc) is 2.79. The van der Waals surface area contributed by atoms with Gasteiger partial charge in [-0.25, -0.2) is 10.2 Å². The molecule has 0 spiro atoms. The van der Waals surface area contributed by atoms with E-state index in [2.05, 4.69) is 10.5 Å². The van der Waals surface area contributed by atoms with E-state index >= 15 is 0 Å². The first kappa shape index (κ1) is 23.7. The van der Waals surface area contributed by atoms with Gasteiger partial charge in [-0.2, -0.15) is 5.10 Å². The fourth-order valence-electron chi connectivity index (χ4n) is 2.52. The lowest BCUT2D eigenvalue weighted by Crippen LogP contribution is -2.24. The molecule has 0 aliphatic heterocycles. The number of amides is 1. The lowest BCUT2D eigenvalue weighted by molar-refractivity contribution is -0.385. The van der Waals surface area contributed by atoms with Crippen molar-refractivity contribution in [3.8, 4) is 11.5 Å². The zero-order valence-corrected chi connectivity index (χ0v) is 18.2. The summed E-state index contributed by atoms with van der Waals surface area (Å²) in [7, 11) is 0. The van der Waals surface area contributed by atoms with E-state index in [9.17, 15) is 19.7 Å². The third kappa shape index (κ3) is 6.76. The minimum atomic E-state index is -0.635. The Labute approximate surface area is 197 Å². The molecule has 0 bridgehead atoms. The van der Waals surface area contributed by atoms with Gasteiger partial charge in [0.1, 0.15) is 5.75 Å². The van der Waals surface area contributed by atoms with E-state index in [4.69, 9.17) is 32.7 Å². The monoisotopic (exact) mass is 487 g/mol. The molecule has 9 nitrogen and oxygen atoms in total. The minimum Gasteiger partial charge on any atom is -0.477 e. The summed E-state index contributed by atoms with van der Waals surface area (Å²) < 4.78 is 10.4. The standard InChI is InChI=1S/C22H15Cl2N3O6/c23-15-7-10-17(18(24)11-15)22(29)33-16-8-5-14(6-9-16)12-25-26-21(28)13-32-20-4-2-1-3-19(20)27(30)31/h1-12H,13H2,(H,26,28). The molecule has 0 aliphatic rings. The first-order chi connectivity index (χ1) is 15.8. The number of rotatable bonds is 8. The Morgan fingerprint density at radius 2 is 1.79 bits per heavy atom. The van der Waals surface area contributed by atoms with Crippen LogP contribution in [0.15, 0.2) is 71.8 Å². The highest BCUT2D eigenvalue weighted by atomic mass is 35.5. The molecule has 33 heavy (non-hydrogen) atoms. The minimum absolute atomic E-state index is 0.0216. The number of benzene rings is 3. The molecular formula is C22H15Cl2N3O6. The van der Waals surface area contributed by atoms with Crippen LogP contribution in [0.2, 0.25) is 10.0 Å². The lowest BCUT2D eigenvalue weighted by Gasteiger charge is -2.06. The molecule has 0 radical (unpaired) electrons. The van der Waals surface area contributed by atoms with Gasteiger partial charge in [0.25, 0.3) is 5.91 Å². The molecule has 168 valence electrons. The van der Waals surface area contributed by atoms with Crippen molar-refractivity contribution in [1.82, 2.24) is 5.43 Å². The van der Waals surface area contributed by atoms with Gasteiger partial charge in [0.15, 0.2) is 12.4 Å². The summed E-state index contributed by atoms with van der Waals surface area (Å²) in [6.45, 7) is -0.454. The SMILES string of the molecule is O=C(COc1ccccc1[N+](=O)[O-])NN=Cc1ccc(OC(=O)c2ccc(Cl)cc2Cl)cc1. The molecule has 0 unspecified atom stereocenters. The maximum absolute atomic E-state index is 12.2. The molecule has 0 fully saturated rings. The van der Waals surface area contributed by atoms with Crippen molar-refractivity contribution in [1.29, 1.82) is 0 Å². The summed E-state index contributed by atoms with van der Waals surface area (Å²) in [5, 5.41) is 15.3. The van der Waals surface area contributed by atoms with Crippen LogP contribution < -0.4 is 14.9 Å². The summed E-state index contributed by atoms with van der Waals surface area (Å²) in [5.41, 5.74) is 2.80. The van der Waals surface area contributed by atoms with Crippen LogP contribution in [-0.2, 0) is 4.79 Å². The van der Waals surface area contributed by atoms with Crippen LogP contribution in [0.5, 0.6) is 11.5 Å². The predicted molar refractivity (Wildman–Crippen MR) is 122 cm³/mol. The third-order valence-electron chi connectivity index (χ3n) is 4.07. The van der Waals surface area contributed by atoms with Crippen LogP contribution >= 0.6 is 23.2 Å². The molecule has 0 saturated heterocycles. The fourth-order valence-corrected chi connectivity index (χ4v) is 3.01. The molecule has 3 aromatic carbocycles. The Bertz CT molecular complexity index is 1220. The number of carbonyl (C=O) groups excluding carboxylic acids is 2. The molecule has 1 N–H and O–H groups in total. The lowest BCUT2D eigenvalue weighted by atomic mass is 10.2. The van der Waals surface area contributed by atoms with Crippen molar-refractivity contribution >= 4 is 47.0 Å². The highest BCUT2D eigenvalue weighted by Crippen LogP contribution is 2.25. The van der Waals surface area contributed by atoms with E-state index in [0.717, 1.165) is 0 Å². The number of nitro benzene ring substituents is 1. The molecule has 0 heterocycles. The van der Waals surface area contributed by atoms with E-state index in [1.165, 1.54) is 42.6 Å². The Kier molecular flexibility index (Phi) is 7.96. The first-order valence-corrected chi connectivity index (χ1v) is 10.0. The molecule has 0 aromatic heterocycles. The largest absolute Gasteiger partial charge is 0.477 e. The number of ether oxygens (including phenoxy) is 2. The highest BCUT2D eigenvalue weighted by Gasteiger charge is 2.15. The number of nitro groups is 1. The summed E-state index contributed by atoms with van der Waals surface area (Å²) >= 11 is 11.8. The van der Waals surface area contributed by atoms with Gasteiger partial charge >= 0.3 is 11.7 Å². The van der Waals surface area contributed by atoms with Gasteiger partial charge in [-0.15, -0.1) is 0 Å². The van der Waals surface area contributed by atoms with E-state index in [-0.39, 0.29) is 27.8 Å². The van der Waals surface area contributed by atoms with Crippen LogP contribution in [-0.4, -0.2) is 29.6 Å². The van der Waals surface area contributed by atoms with Crippen molar-refractivity contribution in [3.63, 3.8) is 0 Å². The maximum atomic E-state index is 12.2. The molecule has 3 aromatic rings. The Morgan fingerprint density at radius 3 is 2.48 bits per heavy atom. The maximum Gasteiger partial charge on any atom is 0.345 e. The third-order valence-corrected chi connectivity index (χ3v) is 4.61. The molecule has 0 aliphatic carbocycles. The molecular weight excluding hydrogens is 473 g/mol. The zero-order chi connectivity index (χ0) is 23.8. The van der Waals surface area contributed by atoms with Crippen LogP contribution in [0.25, 0.3) is 0 Å². The van der Waals surface area contributed by atoms with Gasteiger partial charge < -0.3 is 9.47 Å². The number of nitrogens with zero attached hydrogens (tertiary/aromatic N) is 2. The van der Waals surface area contributed by atoms with Gasteiger partial charge in [0, 0.05) is 11.1 Å². The van der Waals surface area contributed by atoms with Crippen LogP contribution in [0, 0.1) is 10.1 Å². The molecule has 1 amide bonds. The van der Waals surface area contributed by atoms with Crippen molar-refractivity contribution in [2.45, 2.75) is 0 Å². The number of hydrogen-bond donors (Lipinski definition) is 1. The number of esters is 1. The highest BCUT2D eigenvalue weighted by molar-refractivity contribution is 6.36. The molecule has 11 heteroatoms. The Balaban J connectivity index is 1.50. The molecule has 3 rings (SSSR count). The van der Waals surface area contributed by atoms with Crippen molar-refractivity contribution in [2.24, 2.45) is 5.10 Å². The number of para-hydroxylation sites is 2. The normalized spacial score (nSPS) is 10.6. The predicted octanol–water partition coefficient (Wildman–Crippen LogP) is 4.65. The smallest absolute Gasteiger partial charge is 0.345 e. The summed E-state index contributed by atoms with van der Waals surface area (Å²) in [6.07, 6.45) is 1.37. The van der Waals surface area contributed by atoms with E-state index in [0.29, 0.717) is 10.6 Å². The zero-order valence-electron chi connectivity index (χ0n) is 16.7. The number of nitrogens with one attached hydrogen (secondary N) is 1. The number of hydrazone groups is 1. The topological polar surface area (TPSA) is 120 Å². The van der Waals surface area contributed by atoms with Crippen LogP contribution in [0.3, 0.4) is 0 Å². The summed E-state index contributed by atoms with van der Waals surface area (Å²) in [4.78, 5) is 34.4. The second-order valence-electron chi connectivity index (χ2n) is 6.39. The van der Waals surface area contributed by atoms with E-state index in [1.54, 1.807) is 30.3 Å². The Morgan fingerprint density at radius 1 is 1.06 bits per heavy atom. The van der Waals surface area contributed by atoms with Gasteiger partial charge in [0.2, 0.25) is 0 Å². The van der Waals surface area contributed by atoms with Crippen LogP contribution in [0.4, 0.5) is 5.69 Å². The number of carbonyl (C=O) groups is 2. The van der Waals surface area contributed by atoms with E-state index in [1.807, 2.05) is 0 Å². The summed E-state index contributed by atoms with van der Waals surface area (Å²) in [6, 6.07) is 16.5. The van der Waals surface area contributed by atoms with Crippen molar-refractivity contribution in [2.75, 3.05) is 6.61 Å². The van der Waals surface area contributed by atoms with Crippen molar-refractivity contribution < 1.29 is 24.0 Å². The van der Waals surface area contributed by atoms with Gasteiger partial charge in [-0.1, -0.05) is 35.3 Å². The quantitative estimate of drug-likeness (QED) is 0.162. The number of hydrogen-bond acceptors (Lipinski definition) is 7. The average molecular weight is 488 g/mol. The van der Waals surface area contributed by atoms with Gasteiger partial charge in [0.05, 0.1) is 21.7 Å². The van der Waals surface area contributed by atoms with Crippen LogP contribution in [0.1, 0.15) is 15.9 Å². The van der Waals surface area contributed by atoms with E-state index < -0.39 is 23.4 Å². The van der Waals surface area contributed by atoms with Gasteiger partial charge in [-0.05, 0) is 54.1 Å². The summed E-state index contributed by atoms with van der Waals surface area (Å²) in [5.74, 6) is -0.976. The first-order valence-electron chi connectivity index (χ1n) is 9.29. The van der Waals surface area contributed by atoms with Gasteiger partial charge in [-0.3, -0.25) is 14.9 Å². The number of halogens is 2. The van der Waals surface area contributed by atoms with Crippen molar-refractivity contribution in [3.05, 3.63) is 98.0 Å².